The lowest BCUT2D eigenvalue weighted by Crippen LogP contribution is -2.42. The number of aryl methyl sites for hydroxylation is 1. The minimum atomic E-state index is -0.441. The third-order valence-corrected chi connectivity index (χ3v) is 3.99. The Hall–Kier alpha value is -1.73. The molecule has 3 heterocycles. The highest BCUT2D eigenvalue weighted by atomic mass is 16.3. The SMILES string of the molecule is CC(C)c1nc2n(n1)CC(NCC(O)Cn1cccn1)CC2. The highest BCUT2D eigenvalue weighted by Crippen LogP contribution is 2.16. The van der Waals surface area contributed by atoms with E-state index in [0.717, 1.165) is 31.0 Å². The zero-order valence-electron chi connectivity index (χ0n) is 13.2. The van der Waals surface area contributed by atoms with Gasteiger partial charge in [0.05, 0.1) is 19.2 Å². The zero-order valence-corrected chi connectivity index (χ0v) is 13.2. The number of rotatable bonds is 6. The van der Waals surface area contributed by atoms with Gasteiger partial charge in [-0.05, 0) is 12.5 Å². The molecule has 7 nitrogen and oxygen atoms in total. The van der Waals surface area contributed by atoms with Gasteiger partial charge in [-0.2, -0.15) is 10.2 Å². The third-order valence-electron chi connectivity index (χ3n) is 3.99. The molecule has 3 rings (SSSR count). The monoisotopic (exact) mass is 304 g/mol. The van der Waals surface area contributed by atoms with E-state index < -0.39 is 6.10 Å². The number of nitrogens with zero attached hydrogens (tertiary/aromatic N) is 5. The molecule has 7 heteroatoms. The summed E-state index contributed by atoms with van der Waals surface area (Å²) < 4.78 is 3.76. The second kappa shape index (κ2) is 6.58. The zero-order chi connectivity index (χ0) is 15.5. The number of nitrogens with one attached hydrogen (secondary N) is 1. The Balaban J connectivity index is 1.50. The Bertz CT molecular complexity index is 591. The van der Waals surface area contributed by atoms with Crippen molar-refractivity contribution in [2.45, 2.75) is 57.8 Å². The van der Waals surface area contributed by atoms with Gasteiger partial charge in [-0.1, -0.05) is 13.8 Å². The molecule has 0 fully saturated rings. The Kier molecular flexibility index (Phi) is 4.54. The standard InChI is InChI=1S/C15H24N6O/c1-11(2)15-18-14-5-4-12(9-21(14)19-15)16-8-13(22)10-20-7-3-6-17-20/h3,6-7,11-13,16,22H,4-5,8-10H2,1-2H3. The molecular formula is C15H24N6O. The molecule has 2 aromatic heterocycles. The molecule has 2 atom stereocenters. The first-order valence-electron chi connectivity index (χ1n) is 7.94. The second-order valence-electron chi connectivity index (χ2n) is 6.25. The molecule has 0 radical (unpaired) electrons. The van der Waals surface area contributed by atoms with E-state index in [2.05, 4.69) is 34.3 Å². The molecule has 0 spiro atoms. The molecule has 0 saturated heterocycles. The van der Waals surface area contributed by atoms with Gasteiger partial charge in [-0.25, -0.2) is 9.67 Å². The van der Waals surface area contributed by atoms with Crippen molar-refractivity contribution in [2.75, 3.05) is 6.54 Å². The van der Waals surface area contributed by atoms with Crippen LogP contribution in [-0.2, 0) is 19.5 Å². The van der Waals surface area contributed by atoms with Crippen LogP contribution < -0.4 is 5.32 Å². The molecule has 2 unspecified atom stereocenters. The van der Waals surface area contributed by atoms with Crippen LogP contribution in [0.5, 0.6) is 0 Å². The van der Waals surface area contributed by atoms with Crippen molar-refractivity contribution in [1.82, 2.24) is 29.9 Å². The minimum absolute atomic E-state index is 0.335. The molecule has 0 saturated carbocycles. The molecular weight excluding hydrogens is 280 g/mol. The largest absolute Gasteiger partial charge is 0.390 e. The first-order chi connectivity index (χ1) is 10.6. The Labute approximate surface area is 130 Å². The van der Waals surface area contributed by atoms with Crippen molar-refractivity contribution in [1.29, 1.82) is 0 Å². The molecule has 22 heavy (non-hydrogen) atoms. The Morgan fingerprint density at radius 2 is 2.32 bits per heavy atom. The summed E-state index contributed by atoms with van der Waals surface area (Å²) in [6.45, 7) is 6.12. The molecule has 0 aliphatic carbocycles. The van der Waals surface area contributed by atoms with Crippen molar-refractivity contribution >= 4 is 0 Å². The van der Waals surface area contributed by atoms with Crippen LogP contribution in [0, 0.1) is 0 Å². The van der Waals surface area contributed by atoms with Gasteiger partial charge in [0.2, 0.25) is 0 Å². The van der Waals surface area contributed by atoms with Crippen LogP contribution in [0.25, 0.3) is 0 Å². The number of fused-ring (bicyclic) bond motifs is 1. The minimum Gasteiger partial charge on any atom is -0.390 e. The van der Waals surface area contributed by atoms with E-state index in [1.165, 1.54) is 0 Å². The van der Waals surface area contributed by atoms with E-state index in [9.17, 15) is 5.11 Å². The summed E-state index contributed by atoms with van der Waals surface area (Å²) in [6.07, 6.45) is 5.11. The fraction of sp³-hybridized carbons (Fsp3) is 0.667. The van der Waals surface area contributed by atoms with Crippen LogP contribution in [0.2, 0.25) is 0 Å². The predicted octanol–water partition coefficient (Wildman–Crippen LogP) is 0.563. The maximum atomic E-state index is 10.1. The van der Waals surface area contributed by atoms with E-state index in [4.69, 9.17) is 0 Å². The summed E-state index contributed by atoms with van der Waals surface area (Å²) in [4.78, 5) is 4.59. The average molecular weight is 304 g/mol. The summed E-state index contributed by atoms with van der Waals surface area (Å²) in [5.41, 5.74) is 0. The summed E-state index contributed by atoms with van der Waals surface area (Å²) >= 11 is 0. The van der Waals surface area contributed by atoms with Crippen LogP contribution in [0.4, 0.5) is 0 Å². The van der Waals surface area contributed by atoms with Crippen molar-refractivity contribution in [3.63, 3.8) is 0 Å². The highest BCUT2D eigenvalue weighted by molar-refractivity contribution is 5.01. The van der Waals surface area contributed by atoms with Gasteiger partial charge < -0.3 is 10.4 Å². The first kappa shape index (κ1) is 15.2. The summed E-state index contributed by atoms with van der Waals surface area (Å²) in [5, 5.41) is 22.2. The van der Waals surface area contributed by atoms with Crippen LogP contribution >= 0.6 is 0 Å². The smallest absolute Gasteiger partial charge is 0.153 e. The first-order valence-corrected chi connectivity index (χ1v) is 7.94. The molecule has 0 amide bonds. The van der Waals surface area contributed by atoms with Gasteiger partial charge >= 0.3 is 0 Å². The van der Waals surface area contributed by atoms with Gasteiger partial charge in [-0.15, -0.1) is 0 Å². The molecule has 2 N–H and O–H groups in total. The summed E-state index contributed by atoms with van der Waals surface area (Å²) in [7, 11) is 0. The van der Waals surface area contributed by atoms with Gasteiger partial charge in [0, 0.05) is 37.3 Å². The number of aliphatic hydroxyl groups excluding tert-OH is 1. The molecule has 120 valence electrons. The normalized spacial score (nSPS) is 19.4. The van der Waals surface area contributed by atoms with Gasteiger partial charge in [0.25, 0.3) is 0 Å². The van der Waals surface area contributed by atoms with Gasteiger partial charge in [-0.3, -0.25) is 4.68 Å². The highest BCUT2D eigenvalue weighted by Gasteiger charge is 2.22. The van der Waals surface area contributed by atoms with Gasteiger partial charge in [0.1, 0.15) is 5.82 Å². The molecule has 2 aromatic rings. The topological polar surface area (TPSA) is 80.8 Å². The lowest BCUT2D eigenvalue weighted by atomic mass is 10.1. The van der Waals surface area contributed by atoms with Crippen molar-refractivity contribution < 1.29 is 5.11 Å². The molecule has 0 bridgehead atoms. The van der Waals surface area contributed by atoms with E-state index in [-0.39, 0.29) is 0 Å². The van der Waals surface area contributed by atoms with Crippen LogP contribution in [0.1, 0.15) is 37.8 Å². The summed E-state index contributed by atoms with van der Waals surface area (Å²) in [6, 6.07) is 2.20. The van der Waals surface area contributed by atoms with Crippen molar-refractivity contribution in [2.24, 2.45) is 0 Å². The average Bonchev–Trinajstić information content (AvgIpc) is 3.13. The van der Waals surface area contributed by atoms with Crippen LogP contribution in [0.15, 0.2) is 18.5 Å². The van der Waals surface area contributed by atoms with E-state index in [0.29, 0.717) is 25.0 Å². The Morgan fingerprint density at radius 1 is 1.45 bits per heavy atom. The molecule has 1 aliphatic heterocycles. The maximum Gasteiger partial charge on any atom is 0.153 e. The predicted molar refractivity (Wildman–Crippen MR) is 82.5 cm³/mol. The second-order valence-corrected chi connectivity index (χ2v) is 6.25. The fourth-order valence-corrected chi connectivity index (χ4v) is 2.73. The number of hydrogen-bond acceptors (Lipinski definition) is 5. The Morgan fingerprint density at radius 3 is 3.05 bits per heavy atom. The van der Waals surface area contributed by atoms with Crippen molar-refractivity contribution in [3.05, 3.63) is 30.1 Å². The van der Waals surface area contributed by atoms with E-state index in [1.807, 2.05) is 16.9 Å². The van der Waals surface area contributed by atoms with E-state index >= 15 is 0 Å². The molecule has 0 aromatic carbocycles. The molecule has 1 aliphatic rings. The lowest BCUT2D eigenvalue weighted by molar-refractivity contribution is 0.139. The lowest BCUT2D eigenvalue weighted by Gasteiger charge is -2.24. The van der Waals surface area contributed by atoms with Crippen LogP contribution in [0.3, 0.4) is 0 Å². The van der Waals surface area contributed by atoms with Crippen LogP contribution in [-0.4, -0.2) is 48.3 Å². The fourth-order valence-electron chi connectivity index (χ4n) is 2.73. The number of hydrogen-bond donors (Lipinski definition) is 2. The number of aromatic nitrogens is 5. The van der Waals surface area contributed by atoms with Crippen molar-refractivity contribution in [3.8, 4) is 0 Å². The number of aliphatic hydroxyl groups is 1. The van der Waals surface area contributed by atoms with E-state index in [1.54, 1.807) is 10.9 Å². The quantitative estimate of drug-likeness (QED) is 0.815. The maximum absolute atomic E-state index is 10.1. The third kappa shape index (κ3) is 3.53. The summed E-state index contributed by atoms with van der Waals surface area (Å²) in [5.74, 6) is 2.37. The van der Waals surface area contributed by atoms with Gasteiger partial charge in [0.15, 0.2) is 5.82 Å².